The number of hydrogen-bond donors (Lipinski definition) is 0. The summed E-state index contributed by atoms with van der Waals surface area (Å²) >= 11 is 4.71. The van der Waals surface area contributed by atoms with Gasteiger partial charge in [-0.05, 0) is 46.8 Å². The minimum absolute atomic E-state index is 0.149. The Morgan fingerprint density at radius 3 is 2.55 bits per heavy atom. The average Bonchev–Trinajstić information content (AvgIpc) is 1.85. The first-order chi connectivity index (χ1) is 5.15. The van der Waals surface area contributed by atoms with Gasteiger partial charge in [-0.3, -0.25) is 0 Å². The lowest BCUT2D eigenvalue weighted by Crippen LogP contribution is -1.84. The standard InChI is InChI=1S/C8H8BrFS/c1-5-3-6(9)8(11-2)7(10)4-5/h3-4H,1-2H3. The highest BCUT2D eigenvalue weighted by Crippen LogP contribution is 2.29. The summed E-state index contributed by atoms with van der Waals surface area (Å²) < 4.78 is 13.9. The van der Waals surface area contributed by atoms with E-state index in [0.29, 0.717) is 4.90 Å². The van der Waals surface area contributed by atoms with E-state index in [1.807, 2.05) is 19.2 Å². The van der Waals surface area contributed by atoms with Crippen LogP contribution < -0.4 is 0 Å². The van der Waals surface area contributed by atoms with Crippen molar-refractivity contribution in [3.8, 4) is 0 Å². The maximum atomic E-state index is 13.1. The highest BCUT2D eigenvalue weighted by Gasteiger charge is 2.05. The molecule has 0 aliphatic carbocycles. The molecule has 0 saturated carbocycles. The number of thioether (sulfide) groups is 1. The largest absolute Gasteiger partial charge is 0.206 e. The zero-order chi connectivity index (χ0) is 8.43. The third-order valence-corrected chi connectivity index (χ3v) is 3.06. The van der Waals surface area contributed by atoms with E-state index in [4.69, 9.17) is 0 Å². The van der Waals surface area contributed by atoms with Gasteiger partial charge < -0.3 is 0 Å². The van der Waals surface area contributed by atoms with Crippen LogP contribution in [0.1, 0.15) is 5.56 Å². The zero-order valence-corrected chi connectivity index (χ0v) is 8.72. The molecule has 60 valence electrons. The first kappa shape index (κ1) is 9.07. The number of benzene rings is 1. The number of halogens is 2. The fourth-order valence-corrected chi connectivity index (χ4v) is 2.43. The van der Waals surface area contributed by atoms with Gasteiger partial charge in [0.25, 0.3) is 0 Å². The SMILES string of the molecule is CSc1c(F)cc(C)cc1Br. The molecule has 1 aromatic carbocycles. The first-order valence-electron chi connectivity index (χ1n) is 3.15. The van der Waals surface area contributed by atoms with E-state index in [1.54, 1.807) is 0 Å². The normalized spacial score (nSPS) is 10.2. The van der Waals surface area contributed by atoms with Crippen molar-refractivity contribution in [3.05, 3.63) is 28.0 Å². The Kier molecular flexibility index (Phi) is 2.96. The molecule has 0 amide bonds. The maximum absolute atomic E-state index is 13.1. The fourth-order valence-electron chi connectivity index (χ4n) is 0.882. The second kappa shape index (κ2) is 3.59. The molecule has 0 N–H and O–H groups in total. The van der Waals surface area contributed by atoms with E-state index in [0.717, 1.165) is 10.0 Å². The quantitative estimate of drug-likeness (QED) is 0.670. The van der Waals surface area contributed by atoms with Crippen molar-refractivity contribution in [2.75, 3.05) is 6.26 Å². The minimum atomic E-state index is -0.149. The van der Waals surface area contributed by atoms with Gasteiger partial charge in [0.05, 0.1) is 4.90 Å². The summed E-state index contributed by atoms with van der Waals surface area (Å²) in [5.74, 6) is -0.149. The lowest BCUT2D eigenvalue weighted by molar-refractivity contribution is 0.599. The molecule has 0 heterocycles. The molecule has 11 heavy (non-hydrogen) atoms. The molecule has 0 fully saturated rings. The van der Waals surface area contributed by atoms with Crippen LogP contribution in [0.2, 0.25) is 0 Å². The van der Waals surface area contributed by atoms with Gasteiger partial charge in [0, 0.05) is 4.47 Å². The van der Waals surface area contributed by atoms with Crippen molar-refractivity contribution in [1.29, 1.82) is 0 Å². The van der Waals surface area contributed by atoms with Crippen LogP contribution in [-0.2, 0) is 0 Å². The smallest absolute Gasteiger partial charge is 0.138 e. The predicted octanol–water partition coefficient (Wildman–Crippen LogP) is 3.62. The topological polar surface area (TPSA) is 0 Å². The van der Waals surface area contributed by atoms with Gasteiger partial charge >= 0.3 is 0 Å². The van der Waals surface area contributed by atoms with E-state index in [9.17, 15) is 4.39 Å². The molecular weight excluding hydrogens is 227 g/mol. The Hall–Kier alpha value is -0.0200. The van der Waals surface area contributed by atoms with Gasteiger partial charge in [-0.25, -0.2) is 4.39 Å². The second-order valence-electron chi connectivity index (χ2n) is 2.26. The number of aryl methyl sites for hydroxylation is 1. The number of rotatable bonds is 1. The van der Waals surface area contributed by atoms with Crippen LogP contribution >= 0.6 is 27.7 Å². The van der Waals surface area contributed by atoms with Crippen LogP contribution in [0.4, 0.5) is 4.39 Å². The van der Waals surface area contributed by atoms with Gasteiger partial charge in [-0.2, -0.15) is 0 Å². The molecule has 1 aromatic rings. The van der Waals surface area contributed by atoms with Crippen molar-refractivity contribution in [3.63, 3.8) is 0 Å². The third-order valence-electron chi connectivity index (χ3n) is 1.35. The monoisotopic (exact) mass is 234 g/mol. The summed E-state index contributed by atoms with van der Waals surface area (Å²) in [7, 11) is 0. The Balaban J connectivity index is 3.25. The molecule has 0 saturated heterocycles. The second-order valence-corrected chi connectivity index (χ2v) is 3.93. The Morgan fingerprint density at radius 1 is 1.45 bits per heavy atom. The molecule has 0 aliphatic rings. The molecular formula is C8H8BrFS. The molecule has 0 radical (unpaired) electrons. The maximum Gasteiger partial charge on any atom is 0.138 e. The van der Waals surface area contributed by atoms with E-state index >= 15 is 0 Å². The first-order valence-corrected chi connectivity index (χ1v) is 5.16. The van der Waals surface area contributed by atoms with Crippen LogP contribution in [-0.4, -0.2) is 6.26 Å². The molecule has 0 bridgehead atoms. The third kappa shape index (κ3) is 1.97. The molecule has 0 atom stereocenters. The molecule has 0 spiro atoms. The van der Waals surface area contributed by atoms with E-state index < -0.39 is 0 Å². The van der Waals surface area contributed by atoms with Crippen molar-refractivity contribution < 1.29 is 4.39 Å². The molecule has 0 nitrogen and oxygen atoms in total. The summed E-state index contributed by atoms with van der Waals surface area (Å²) in [6, 6.07) is 3.45. The van der Waals surface area contributed by atoms with Crippen LogP contribution in [0.3, 0.4) is 0 Å². The summed E-state index contributed by atoms with van der Waals surface area (Å²) in [5.41, 5.74) is 0.937. The highest BCUT2D eigenvalue weighted by molar-refractivity contribution is 9.10. The predicted molar refractivity (Wildman–Crippen MR) is 50.6 cm³/mol. The molecule has 0 unspecified atom stereocenters. The summed E-state index contributed by atoms with van der Waals surface area (Å²) in [4.78, 5) is 0.676. The average molecular weight is 235 g/mol. The Labute approximate surface area is 78.3 Å². The van der Waals surface area contributed by atoms with Crippen LogP contribution in [0.15, 0.2) is 21.5 Å². The lowest BCUT2D eigenvalue weighted by Gasteiger charge is -2.02. The molecule has 0 aliphatic heterocycles. The van der Waals surface area contributed by atoms with Crippen molar-refractivity contribution in [2.24, 2.45) is 0 Å². The number of hydrogen-bond acceptors (Lipinski definition) is 1. The van der Waals surface area contributed by atoms with Crippen LogP contribution in [0, 0.1) is 12.7 Å². The van der Waals surface area contributed by atoms with Gasteiger partial charge in [-0.15, -0.1) is 11.8 Å². The van der Waals surface area contributed by atoms with Crippen LogP contribution in [0.25, 0.3) is 0 Å². The van der Waals surface area contributed by atoms with E-state index in [2.05, 4.69) is 15.9 Å². The Morgan fingerprint density at radius 2 is 2.09 bits per heavy atom. The molecule has 1 rings (SSSR count). The van der Waals surface area contributed by atoms with Gasteiger partial charge in [0.2, 0.25) is 0 Å². The summed E-state index contributed by atoms with van der Waals surface area (Å²) in [6.45, 7) is 1.87. The van der Waals surface area contributed by atoms with Crippen molar-refractivity contribution >= 4 is 27.7 Å². The van der Waals surface area contributed by atoms with Gasteiger partial charge in [-0.1, -0.05) is 0 Å². The minimum Gasteiger partial charge on any atom is -0.206 e. The van der Waals surface area contributed by atoms with Crippen LogP contribution in [0.5, 0.6) is 0 Å². The van der Waals surface area contributed by atoms with Crippen molar-refractivity contribution in [1.82, 2.24) is 0 Å². The van der Waals surface area contributed by atoms with Gasteiger partial charge in [0.15, 0.2) is 0 Å². The van der Waals surface area contributed by atoms with E-state index in [-0.39, 0.29) is 5.82 Å². The van der Waals surface area contributed by atoms with E-state index in [1.165, 1.54) is 17.8 Å². The summed E-state index contributed by atoms with van der Waals surface area (Å²) in [5, 5.41) is 0. The summed E-state index contributed by atoms with van der Waals surface area (Å²) in [6.07, 6.45) is 1.86. The lowest BCUT2D eigenvalue weighted by atomic mass is 10.2. The molecule has 0 aromatic heterocycles. The van der Waals surface area contributed by atoms with Gasteiger partial charge in [0.1, 0.15) is 5.82 Å². The van der Waals surface area contributed by atoms with Crippen molar-refractivity contribution in [2.45, 2.75) is 11.8 Å². The zero-order valence-electron chi connectivity index (χ0n) is 6.32. The fraction of sp³-hybridized carbons (Fsp3) is 0.250. The highest BCUT2D eigenvalue weighted by atomic mass is 79.9. The molecule has 3 heteroatoms. The Bertz CT molecular complexity index is 250.